The van der Waals surface area contributed by atoms with E-state index in [1.54, 1.807) is 6.19 Å². The van der Waals surface area contributed by atoms with Crippen LogP contribution in [0.5, 0.6) is 6.01 Å². The molecule has 0 aliphatic heterocycles. The van der Waals surface area contributed by atoms with Crippen molar-refractivity contribution in [2.45, 2.75) is 13.8 Å². The van der Waals surface area contributed by atoms with Crippen molar-refractivity contribution in [2.75, 3.05) is 35.8 Å². The molecule has 0 saturated heterocycles. The molecule has 0 saturated carbocycles. The van der Waals surface area contributed by atoms with Gasteiger partial charge in [0.05, 0.1) is 5.88 Å². The molecule has 1 rings (SSSR count). The summed E-state index contributed by atoms with van der Waals surface area (Å²) in [6.45, 7) is 5.78. The molecule has 18 heavy (non-hydrogen) atoms. The van der Waals surface area contributed by atoms with Crippen molar-refractivity contribution in [3.63, 3.8) is 0 Å². The van der Waals surface area contributed by atoms with E-state index < -0.39 is 0 Å². The van der Waals surface area contributed by atoms with Crippen molar-refractivity contribution in [3.05, 3.63) is 0 Å². The molecule has 0 spiro atoms. The molecule has 7 nitrogen and oxygen atoms in total. The second-order valence-corrected chi connectivity index (χ2v) is 3.57. The van der Waals surface area contributed by atoms with Crippen LogP contribution in [0.1, 0.15) is 13.8 Å². The Kier molecular flexibility index (Phi) is 5.94. The van der Waals surface area contributed by atoms with Crippen LogP contribution >= 0.6 is 11.6 Å². The van der Waals surface area contributed by atoms with Gasteiger partial charge in [-0.05, 0) is 13.8 Å². The molecule has 0 atom stereocenters. The quantitative estimate of drug-likeness (QED) is 0.453. The number of hydrogen-bond donors (Lipinski definition) is 1. The zero-order valence-electron chi connectivity index (χ0n) is 10.4. The second-order valence-electron chi connectivity index (χ2n) is 3.19. The fourth-order valence-electron chi connectivity index (χ4n) is 1.29. The SMILES string of the molecule is CCN(CC)c1nc(NC#N)nc(OCCCl)n1. The zero-order chi connectivity index (χ0) is 13.4. The number of nitrogens with zero attached hydrogens (tertiary/aromatic N) is 5. The smallest absolute Gasteiger partial charge is 0.323 e. The summed E-state index contributed by atoms with van der Waals surface area (Å²) in [5.74, 6) is 0.976. The Morgan fingerprint density at radius 2 is 2.06 bits per heavy atom. The maximum absolute atomic E-state index is 8.59. The average molecular weight is 271 g/mol. The Morgan fingerprint density at radius 3 is 2.61 bits per heavy atom. The maximum Gasteiger partial charge on any atom is 0.323 e. The summed E-state index contributed by atoms with van der Waals surface area (Å²) in [6, 6.07) is 0.158. The van der Waals surface area contributed by atoms with E-state index in [2.05, 4.69) is 20.3 Å². The van der Waals surface area contributed by atoms with E-state index in [0.29, 0.717) is 18.4 Å². The third kappa shape index (κ3) is 3.89. The van der Waals surface area contributed by atoms with E-state index in [1.807, 2.05) is 18.7 Å². The highest BCUT2D eigenvalue weighted by Gasteiger charge is 2.11. The predicted octanol–water partition coefficient (Wildman–Crippen LogP) is 1.23. The number of aromatic nitrogens is 3. The Labute approximate surface area is 111 Å². The first kappa shape index (κ1) is 14.3. The Morgan fingerprint density at radius 1 is 1.33 bits per heavy atom. The van der Waals surface area contributed by atoms with E-state index in [4.69, 9.17) is 21.6 Å². The van der Waals surface area contributed by atoms with E-state index >= 15 is 0 Å². The van der Waals surface area contributed by atoms with Crippen LogP contribution in [0.3, 0.4) is 0 Å². The summed E-state index contributed by atoms with van der Waals surface area (Å²) in [5.41, 5.74) is 0. The molecule has 0 aromatic carbocycles. The van der Waals surface area contributed by atoms with Crippen molar-refractivity contribution < 1.29 is 4.74 Å². The topological polar surface area (TPSA) is 87.0 Å². The highest BCUT2D eigenvalue weighted by atomic mass is 35.5. The monoisotopic (exact) mass is 270 g/mol. The number of hydrogen-bond acceptors (Lipinski definition) is 7. The number of alkyl halides is 1. The van der Waals surface area contributed by atoms with Crippen LogP contribution in [0.2, 0.25) is 0 Å². The lowest BCUT2D eigenvalue weighted by Crippen LogP contribution is -2.25. The van der Waals surface area contributed by atoms with Gasteiger partial charge in [0.25, 0.3) is 0 Å². The fraction of sp³-hybridized carbons (Fsp3) is 0.600. The standard InChI is InChI=1S/C10H15ClN6O/c1-3-17(4-2)9-14-8(13-7-12)15-10(16-9)18-6-5-11/h3-6H2,1-2H3,(H,13,14,15,16). The summed E-state index contributed by atoms with van der Waals surface area (Å²) < 4.78 is 5.25. The van der Waals surface area contributed by atoms with Gasteiger partial charge in [0.2, 0.25) is 11.9 Å². The first-order chi connectivity index (χ1) is 8.74. The molecule has 98 valence electrons. The van der Waals surface area contributed by atoms with E-state index in [9.17, 15) is 0 Å². The molecule has 0 unspecified atom stereocenters. The van der Waals surface area contributed by atoms with Gasteiger partial charge in [-0.1, -0.05) is 0 Å². The van der Waals surface area contributed by atoms with Gasteiger partial charge in [0.15, 0.2) is 6.19 Å². The molecule has 0 fully saturated rings. The summed E-state index contributed by atoms with van der Waals surface area (Å²) >= 11 is 5.53. The third-order valence-electron chi connectivity index (χ3n) is 2.13. The first-order valence-corrected chi connectivity index (χ1v) is 6.13. The summed E-state index contributed by atoms with van der Waals surface area (Å²) in [4.78, 5) is 14.2. The van der Waals surface area contributed by atoms with E-state index in [0.717, 1.165) is 13.1 Å². The normalized spacial score (nSPS) is 9.67. The number of nitrogens with one attached hydrogen (secondary N) is 1. The predicted molar refractivity (Wildman–Crippen MR) is 68.8 cm³/mol. The van der Waals surface area contributed by atoms with Gasteiger partial charge >= 0.3 is 6.01 Å². The van der Waals surface area contributed by atoms with E-state index in [-0.39, 0.29) is 12.0 Å². The van der Waals surface area contributed by atoms with Gasteiger partial charge in [0.1, 0.15) is 6.61 Å². The highest BCUT2D eigenvalue weighted by molar-refractivity contribution is 6.17. The number of anilines is 2. The largest absolute Gasteiger partial charge is 0.462 e. The average Bonchev–Trinajstić information content (AvgIpc) is 2.38. The van der Waals surface area contributed by atoms with Crippen LogP contribution in [0.4, 0.5) is 11.9 Å². The molecule has 1 N–H and O–H groups in total. The molecule has 0 aliphatic rings. The van der Waals surface area contributed by atoms with Gasteiger partial charge in [-0.2, -0.15) is 20.2 Å². The molecule has 1 aromatic heterocycles. The second kappa shape index (κ2) is 7.50. The lowest BCUT2D eigenvalue weighted by Gasteiger charge is -2.18. The molecule has 0 bridgehead atoms. The van der Waals surface area contributed by atoms with Crippen LogP contribution in [0.25, 0.3) is 0 Å². The van der Waals surface area contributed by atoms with Crippen molar-refractivity contribution >= 4 is 23.5 Å². The fourth-order valence-corrected chi connectivity index (χ4v) is 1.37. The van der Waals surface area contributed by atoms with Gasteiger partial charge in [-0.3, -0.25) is 5.32 Å². The minimum atomic E-state index is 0.158. The van der Waals surface area contributed by atoms with Crippen LogP contribution in [0, 0.1) is 11.5 Å². The lowest BCUT2D eigenvalue weighted by molar-refractivity contribution is 0.314. The molecule has 1 aromatic rings. The van der Waals surface area contributed by atoms with Crippen molar-refractivity contribution in [1.82, 2.24) is 15.0 Å². The summed E-state index contributed by atoms with van der Waals surface area (Å²) in [5, 5.41) is 11.0. The van der Waals surface area contributed by atoms with Crippen LogP contribution in [-0.2, 0) is 0 Å². The Bertz CT molecular complexity index is 417. The molecule has 1 heterocycles. The molecule has 0 radical (unpaired) electrons. The number of nitriles is 1. The summed E-state index contributed by atoms with van der Waals surface area (Å²) in [6.07, 6.45) is 1.77. The molecule has 8 heteroatoms. The maximum atomic E-state index is 8.59. The van der Waals surface area contributed by atoms with Crippen molar-refractivity contribution in [3.8, 4) is 12.2 Å². The van der Waals surface area contributed by atoms with Crippen LogP contribution in [0.15, 0.2) is 0 Å². The van der Waals surface area contributed by atoms with E-state index in [1.165, 1.54) is 0 Å². The molecule has 0 amide bonds. The zero-order valence-corrected chi connectivity index (χ0v) is 11.1. The molecule has 0 aliphatic carbocycles. The number of rotatable bonds is 7. The van der Waals surface area contributed by atoms with Crippen LogP contribution < -0.4 is 15.0 Å². The number of ether oxygens (including phenoxy) is 1. The van der Waals surface area contributed by atoms with Crippen LogP contribution in [-0.4, -0.2) is 40.5 Å². The summed E-state index contributed by atoms with van der Waals surface area (Å²) in [7, 11) is 0. The Hall–Kier alpha value is -1.81. The van der Waals surface area contributed by atoms with Crippen molar-refractivity contribution in [1.29, 1.82) is 5.26 Å². The number of halogens is 1. The minimum absolute atomic E-state index is 0.158. The Balaban J connectivity index is 3.01. The van der Waals surface area contributed by atoms with Gasteiger partial charge < -0.3 is 9.64 Å². The lowest BCUT2D eigenvalue weighted by atomic mass is 10.5. The van der Waals surface area contributed by atoms with Gasteiger partial charge in [-0.25, -0.2) is 0 Å². The first-order valence-electron chi connectivity index (χ1n) is 5.60. The third-order valence-corrected chi connectivity index (χ3v) is 2.28. The van der Waals surface area contributed by atoms with Crippen molar-refractivity contribution in [2.24, 2.45) is 0 Å². The highest BCUT2D eigenvalue weighted by Crippen LogP contribution is 2.14. The van der Waals surface area contributed by atoms with Gasteiger partial charge in [-0.15, -0.1) is 11.6 Å². The van der Waals surface area contributed by atoms with Gasteiger partial charge in [0, 0.05) is 13.1 Å². The minimum Gasteiger partial charge on any atom is -0.462 e. The molecular weight excluding hydrogens is 256 g/mol. The molecular formula is C10H15ClN6O.